The topological polar surface area (TPSA) is 89.9 Å². The Balaban J connectivity index is 1.26. The zero-order valence-electron chi connectivity index (χ0n) is 19.6. The number of hydrogen-bond acceptors (Lipinski definition) is 4. The van der Waals surface area contributed by atoms with E-state index >= 15 is 0 Å². The average Bonchev–Trinajstić information content (AvgIpc) is 3.34. The van der Waals surface area contributed by atoms with E-state index in [4.69, 9.17) is 15.9 Å². The molecule has 36 heavy (non-hydrogen) atoms. The summed E-state index contributed by atoms with van der Waals surface area (Å²) in [5.74, 6) is 1.41. The fraction of sp³-hybridized carbons (Fsp3) is 0.0667. The van der Waals surface area contributed by atoms with Gasteiger partial charge < -0.3 is 15.8 Å². The minimum Gasteiger partial charge on any atom is -0.457 e. The lowest BCUT2D eigenvalue weighted by molar-refractivity contribution is -0.104. The Bertz CT molecular complexity index is 1490. The Morgan fingerprint density at radius 3 is 2.39 bits per heavy atom. The van der Waals surface area contributed by atoms with E-state index in [1.807, 2.05) is 72.8 Å². The fourth-order valence-corrected chi connectivity index (χ4v) is 5.13. The molecule has 0 aliphatic heterocycles. The molecule has 0 fully saturated rings. The number of carbonyl (C=O) groups is 1. The van der Waals surface area contributed by atoms with Crippen molar-refractivity contribution in [3.63, 3.8) is 0 Å². The highest BCUT2D eigenvalue weighted by Crippen LogP contribution is 2.37. The quantitative estimate of drug-likeness (QED) is 0.208. The van der Waals surface area contributed by atoms with Crippen molar-refractivity contribution < 1.29 is 14.9 Å². The molecule has 0 aliphatic carbocycles. The Hall–Kier alpha value is -4.42. The van der Waals surface area contributed by atoms with Crippen LogP contribution in [-0.4, -0.2) is 18.7 Å². The fourth-order valence-electron chi connectivity index (χ4n) is 4.03. The molecule has 0 atom stereocenters. The highest BCUT2D eigenvalue weighted by molar-refractivity contribution is 7.22. The van der Waals surface area contributed by atoms with Crippen molar-refractivity contribution in [3.05, 3.63) is 114 Å². The third-order valence-corrected chi connectivity index (χ3v) is 7.10. The van der Waals surface area contributed by atoms with Crippen LogP contribution >= 0.6 is 11.3 Å². The summed E-state index contributed by atoms with van der Waals surface area (Å²) < 4.78 is 7.01. The van der Waals surface area contributed by atoms with Gasteiger partial charge in [0, 0.05) is 27.2 Å². The third kappa shape index (κ3) is 5.14. The SMILES string of the molecule is Nc1c(C=[NH2+])cc(C(=O)NCCc2ccc(Oc3ccccc3)cc2)cc1-c1cc2ccccc2s1. The van der Waals surface area contributed by atoms with Gasteiger partial charge in [-0.1, -0.05) is 48.5 Å². The Morgan fingerprint density at radius 2 is 1.64 bits per heavy atom. The number of anilines is 1. The van der Waals surface area contributed by atoms with E-state index in [0.29, 0.717) is 29.8 Å². The molecule has 0 aliphatic rings. The van der Waals surface area contributed by atoms with Gasteiger partial charge in [-0.25, -0.2) is 0 Å². The maximum atomic E-state index is 13.0. The van der Waals surface area contributed by atoms with Gasteiger partial charge in [0.15, 0.2) is 6.21 Å². The molecule has 6 heteroatoms. The lowest BCUT2D eigenvalue weighted by Gasteiger charge is -2.11. The van der Waals surface area contributed by atoms with Crippen LogP contribution in [0.3, 0.4) is 0 Å². The van der Waals surface area contributed by atoms with Crippen molar-refractivity contribution in [1.29, 1.82) is 0 Å². The van der Waals surface area contributed by atoms with E-state index < -0.39 is 0 Å². The van der Waals surface area contributed by atoms with Gasteiger partial charge in [0.1, 0.15) is 11.5 Å². The summed E-state index contributed by atoms with van der Waals surface area (Å²) in [7, 11) is 0. The second kappa shape index (κ2) is 10.5. The summed E-state index contributed by atoms with van der Waals surface area (Å²) in [6.07, 6.45) is 2.15. The molecule has 1 heterocycles. The molecule has 0 unspecified atom stereocenters. The molecule has 5 nitrogen and oxygen atoms in total. The molecule has 0 radical (unpaired) electrons. The zero-order valence-corrected chi connectivity index (χ0v) is 20.4. The van der Waals surface area contributed by atoms with Gasteiger partial charge >= 0.3 is 0 Å². The molecule has 0 bridgehead atoms. The molecule has 178 valence electrons. The molecule has 5 aromatic rings. The predicted molar refractivity (Wildman–Crippen MR) is 148 cm³/mol. The number of nitrogen functional groups attached to an aromatic ring is 1. The minimum absolute atomic E-state index is 0.163. The molecular formula is C30H26N3O2S+. The smallest absolute Gasteiger partial charge is 0.251 e. The van der Waals surface area contributed by atoms with Crippen molar-refractivity contribution in [2.24, 2.45) is 0 Å². The predicted octanol–water partition coefficient (Wildman–Crippen LogP) is 5.09. The third-order valence-electron chi connectivity index (χ3n) is 5.95. The van der Waals surface area contributed by atoms with Gasteiger partial charge in [0.25, 0.3) is 5.91 Å². The molecule has 1 aromatic heterocycles. The van der Waals surface area contributed by atoms with E-state index in [1.165, 1.54) is 10.9 Å². The molecular weight excluding hydrogens is 466 g/mol. The van der Waals surface area contributed by atoms with E-state index in [1.54, 1.807) is 17.4 Å². The second-order valence-corrected chi connectivity index (χ2v) is 9.49. The van der Waals surface area contributed by atoms with Gasteiger partial charge in [0.2, 0.25) is 0 Å². The van der Waals surface area contributed by atoms with Gasteiger partial charge in [-0.3, -0.25) is 10.2 Å². The molecule has 5 N–H and O–H groups in total. The highest BCUT2D eigenvalue weighted by Gasteiger charge is 2.16. The monoisotopic (exact) mass is 492 g/mol. The van der Waals surface area contributed by atoms with Crippen LogP contribution in [0.15, 0.2) is 97.1 Å². The van der Waals surface area contributed by atoms with Crippen molar-refractivity contribution >= 4 is 39.2 Å². The Kier molecular flexibility index (Phi) is 6.78. The first-order valence-electron chi connectivity index (χ1n) is 11.7. The number of nitrogens with two attached hydrogens (primary N) is 2. The minimum atomic E-state index is -0.163. The summed E-state index contributed by atoms with van der Waals surface area (Å²) in [6.45, 7) is 0.502. The number of amides is 1. The standard InChI is InChI=1S/C30H25N3O2S/c31-19-23-16-22(17-26(29(23)32)28-18-21-6-4-5-9-27(21)36-28)30(34)33-15-14-20-10-12-25(13-11-20)35-24-7-2-1-3-8-24/h1-13,16-19,31H,14-15,32H2,(H,33,34)/p+1. The first-order valence-corrected chi connectivity index (χ1v) is 12.5. The number of ether oxygens (including phenoxy) is 1. The summed E-state index contributed by atoms with van der Waals surface area (Å²) in [6, 6.07) is 31.4. The summed E-state index contributed by atoms with van der Waals surface area (Å²) in [5, 5.41) is 9.99. The number of rotatable bonds is 8. The van der Waals surface area contributed by atoms with Gasteiger partial charge in [0.05, 0.1) is 11.3 Å². The molecule has 0 saturated heterocycles. The zero-order chi connectivity index (χ0) is 24.9. The molecule has 0 spiro atoms. The number of thiophene rings is 1. The number of carbonyl (C=O) groups excluding carboxylic acids is 1. The second-order valence-electron chi connectivity index (χ2n) is 8.41. The van der Waals surface area contributed by atoms with E-state index in [2.05, 4.69) is 23.5 Å². The maximum absolute atomic E-state index is 13.0. The summed E-state index contributed by atoms with van der Waals surface area (Å²) in [4.78, 5) is 14.0. The maximum Gasteiger partial charge on any atom is 0.251 e. The largest absolute Gasteiger partial charge is 0.457 e. The van der Waals surface area contributed by atoms with Crippen LogP contribution < -0.4 is 21.2 Å². The Morgan fingerprint density at radius 1 is 0.917 bits per heavy atom. The van der Waals surface area contributed by atoms with Crippen molar-refractivity contribution in [3.8, 4) is 21.9 Å². The summed E-state index contributed by atoms with van der Waals surface area (Å²) >= 11 is 1.64. The van der Waals surface area contributed by atoms with Crippen molar-refractivity contribution in [2.45, 2.75) is 6.42 Å². The van der Waals surface area contributed by atoms with Gasteiger partial charge in [-0.05, 0) is 65.9 Å². The number of fused-ring (bicyclic) bond motifs is 1. The van der Waals surface area contributed by atoms with Crippen LogP contribution in [0.1, 0.15) is 21.5 Å². The van der Waals surface area contributed by atoms with Gasteiger partial charge in [-0.15, -0.1) is 11.3 Å². The number of benzene rings is 4. The first-order chi connectivity index (χ1) is 17.6. The van der Waals surface area contributed by atoms with Crippen LogP contribution in [0.25, 0.3) is 20.5 Å². The lowest BCUT2D eigenvalue weighted by atomic mass is 10.0. The summed E-state index contributed by atoms with van der Waals surface area (Å²) in [5.41, 5.74) is 10.1. The first kappa shape index (κ1) is 23.3. The molecule has 5 rings (SSSR count). The van der Waals surface area contributed by atoms with E-state index in [-0.39, 0.29) is 5.91 Å². The van der Waals surface area contributed by atoms with E-state index in [9.17, 15) is 4.79 Å². The number of hydrogen-bond donors (Lipinski definition) is 3. The highest BCUT2D eigenvalue weighted by atomic mass is 32.1. The van der Waals surface area contributed by atoms with Crippen LogP contribution in [0.5, 0.6) is 11.5 Å². The van der Waals surface area contributed by atoms with Crippen LogP contribution in [0.2, 0.25) is 0 Å². The van der Waals surface area contributed by atoms with Crippen molar-refractivity contribution in [2.75, 3.05) is 12.3 Å². The normalized spacial score (nSPS) is 10.8. The molecule has 4 aromatic carbocycles. The van der Waals surface area contributed by atoms with Crippen molar-refractivity contribution in [1.82, 2.24) is 5.32 Å². The van der Waals surface area contributed by atoms with E-state index in [0.717, 1.165) is 32.9 Å². The van der Waals surface area contributed by atoms with Crippen LogP contribution in [-0.2, 0) is 6.42 Å². The van der Waals surface area contributed by atoms with Crippen LogP contribution in [0, 0.1) is 0 Å². The van der Waals surface area contributed by atoms with Crippen LogP contribution in [0.4, 0.5) is 5.69 Å². The lowest BCUT2D eigenvalue weighted by Crippen LogP contribution is -2.31. The molecule has 0 saturated carbocycles. The average molecular weight is 493 g/mol. The number of para-hydroxylation sites is 1. The molecule has 1 amide bonds. The Labute approximate surface area is 213 Å². The number of nitrogens with one attached hydrogen (secondary N) is 1. The van der Waals surface area contributed by atoms with Gasteiger partial charge in [-0.2, -0.15) is 0 Å².